The van der Waals surface area contributed by atoms with E-state index < -0.39 is 0 Å². The van der Waals surface area contributed by atoms with Gasteiger partial charge in [0.1, 0.15) is 5.82 Å². The Morgan fingerprint density at radius 3 is 2.60 bits per heavy atom. The Morgan fingerprint density at radius 1 is 1.40 bits per heavy atom. The Morgan fingerprint density at radius 2 is 2.08 bits per heavy atom. The fourth-order valence-electron chi connectivity index (χ4n) is 2.49. The molecular weight excluding hydrogens is 455 g/mol. The van der Waals surface area contributed by atoms with Gasteiger partial charge in [0.15, 0.2) is 5.96 Å². The number of carbonyl (C=O) groups excluding carboxylic acids is 1. The summed E-state index contributed by atoms with van der Waals surface area (Å²) < 4.78 is 9.10. The van der Waals surface area contributed by atoms with Crippen LogP contribution < -0.4 is 10.2 Å². The number of carbonyl (C=O) groups is 1. The highest BCUT2D eigenvalue weighted by atomic mass is 127. The molecule has 1 saturated heterocycles. The summed E-state index contributed by atoms with van der Waals surface area (Å²) in [4.78, 5) is 24.8. The van der Waals surface area contributed by atoms with Crippen LogP contribution >= 0.6 is 35.5 Å². The maximum absolute atomic E-state index is 11.5. The molecule has 1 atom stereocenters. The first-order chi connectivity index (χ1) is 11.6. The van der Waals surface area contributed by atoms with Gasteiger partial charge in [-0.25, -0.2) is 4.98 Å². The van der Waals surface area contributed by atoms with Crippen molar-refractivity contribution >= 4 is 52.6 Å². The van der Waals surface area contributed by atoms with E-state index >= 15 is 0 Å². The topological polar surface area (TPSA) is 83.0 Å². The van der Waals surface area contributed by atoms with Crippen molar-refractivity contribution in [3.63, 3.8) is 0 Å². The molecule has 1 unspecified atom stereocenters. The largest absolute Gasteiger partial charge is 0.469 e. The lowest BCUT2D eigenvalue weighted by Gasteiger charge is -2.36. The SMILES string of the molecule is CCc1nsc(N2CCN(C(=NC)NCC(C)C(=O)OC)CC2)n1.I. The van der Waals surface area contributed by atoms with Gasteiger partial charge < -0.3 is 19.9 Å². The fraction of sp³-hybridized carbons (Fsp3) is 0.733. The minimum Gasteiger partial charge on any atom is -0.469 e. The third kappa shape index (κ3) is 5.94. The lowest BCUT2D eigenvalue weighted by Crippen LogP contribution is -2.53. The maximum Gasteiger partial charge on any atom is 0.310 e. The smallest absolute Gasteiger partial charge is 0.310 e. The predicted molar refractivity (Wildman–Crippen MR) is 111 cm³/mol. The van der Waals surface area contributed by atoms with Gasteiger partial charge in [-0.2, -0.15) is 4.37 Å². The summed E-state index contributed by atoms with van der Waals surface area (Å²) in [6.45, 7) is 7.88. The number of hydrogen-bond donors (Lipinski definition) is 1. The third-order valence-electron chi connectivity index (χ3n) is 4.01. The van der Waals surface area contributed by atoms with E-state index in [1.807, 2.05) is 6.92 Å². The number of methoxy groups -OCH3 is 1. The molecule has 0 aliphatic carbocycles. The molecule has 10 heteroatoms. The normalized spacial score (nSPS) is 16.2. The van der Waals surface area contributed by atoms with Crippen LogP contribution in [0.15, 0.2) is 4.99 Å². The summed E-state index contributed by atoms with van der Waals surface area (Å²) in [6, 6.07) is 0. The van der Waals surface area contributed by atoms with E-state index in [1.165, 1.54) is 18.6 Å². The van der Waals surface area contributed by atoms with Crippen molar-refractivity contribution in [2.24, 2.45) is 10.9 Å². The van der Waals surface area contributed by atoms with Crippen molar-refractivity contribution in [2.75, 3.05) is 51.8 Å². The molecule has 1 aliphatic heterocycles. The predicted octanol–water partition coefficient (Wildman–Crippen LogP) is 1.22. The summed E-state index contributed by atoms with van der Waals surface area (Å²) >= 11 is 1.46. The van der Waals surface area contributed by atoms with Gasteiger partial charge in [-0.3, -0.25) is 9.79 Å². The van der Waals surface area contributed by atoms with E-state index in [2.05, 4.69) is 36.4 Å². The van der Waals surface area contributed by atoms with Gasteiger partial charge in [0.2, 0.25) is 5.13 Å². The molecule has 0 radical (unpaired) electrons. The van der Waals surface area contributed by atoms with Crippen LogP contribution in [0.25, 0.3) is 0 Å². The van der Waals surface area contributed by atoms with E-state index in [1.54, 1.807) is 7.05 Å². The summed E-state index contributed by atoms with van der Waals surface area (Å²) in [5.41, 5.74) is 0. The summed E-state index contributed by atoms with van der Waals surface area (Å²) in [7, 11) is 3.17. The van der Waals surface area contributed by atoms with Crippen molar-refractivity contribution in [1.29, 1.82) is 0 Å². The maximum atomic E-state index is 11.5. The van der Waals surface area contributed by atoms with Gasteiger partial charge in [-0.05, 0) is 0 Å². The van der Waals surface area contributed by atoms with E-state index in [4.69, 9.17) is 4.74 Å². The Hall–Kier alpha value is -1.17. The Bertz CT molecular complexity index is 574. The van der Waals surface area contributed by atoms with Crippen LogP contribution in [0.4, 0.5) is 5.13 Å². The molecule has 0 amide bonds. The number of guanidine groups is 1. The molecule has 1 aromatic heterocycles. The highest BCUT2D eigenvalue weighted by Crippen LogP contribution is 2.19. The molecule has 2 heterocycles. The van der Waals surface area contributed by atoms with Crippen LogP contribution in [0.1, 0.15) is 19.7 Å². The number of aromatic nitrogens is 2. The standard InChI is InChI=1S/C15H26N6O2S.HI/c1-5-12-18-15(24-19-12)21-8-6-20(7-9-21)14(16-3)17-10-11(2)13(22)23-4;/h11H,5-10H2,1-4H3,(H,16,17);1H. The van der Waals surface area contributed by atoms with Crippen molar-refractivity contribution in [3.8, 4) is 0 Å². The molecule has 8 nitrogen and oxygen atoms in total. The summed E-state index contributed by atoms with van der Waals surface area (Å²) in [5.74, 6) is 1.30. The lowest BCUT2D eigenvalue weighted by molar-refractivity contribution is -0.144. The number of nitrogens with zero attached hydrogens (tertiary/aromatic N) is 5. The second-order valence-corrected chi connectivity index (χ2v) is 6.40. The first-order valence-electron chi connectivity index (χ1n) is 8.20. The van der Waals surface area contributed by atoms with Crippen LogP contribution in [0, 0.1) is 5.92 Å². The second-order valence-electron chi connectivity index (χ2n) is 5.67. The number of ether oxygens (including phenoxy) is 1. The number of anilines is 1. The molecule has 1 N–H and O–H groups in total. The monoisotopic (exact) mass is 482 g/mol. The number of aliphatic imine (C=N–C) groups is 1. The summed E-state index contributed by atoms with van der Waals surface area (Å²) in [6.07, 6.45) is 0.866. The van der Waals surface area contributed by atoms with Crippen LogP contribution in [0.3, 0.4) is 0 Å². The van der Waals surface area contributed by atoms with E-state index in [-0.39, 0.29) is 35.9 Å². The molecular formula is C15H27IN6O2S. The van der Waals surface area contributed by atoms with E-state index in [0.717, 1.165) is 49.5 Å². The van der Waals surface area contributed by atoms with Gasteiger partial charge in [0, 0.05) is 57.7 Å². The Balaban J connectivity index is 0.00000312. The highest BCUT2D eigenvalue weighted by molar-refractivity contribution is 14.0. The quantitative estimate of drug-likeness (QED) is 0.293. The van der Waals surface area contributed by atoms with Crippen LogP contribution in [-0.4, -0.2) is 73.1 Å². The van der Waals surface area contributed by atoms with Gasteiger partial charge in [-0.15, -0.1) is 24.0 Å². The first-order valence-corrected chi connectivity index (χ1v) is 8.97. The molecule has 0 spiro atoms. The molecule has 1 aromatic rings. The molecule has 1 fully saturated rings. The molecule has 142 valence electrons. The van der Waals surface area contributed by atoms with E-state index in [9.17, 15) is 4.79 Å². The van der Waals surface area contributed by atoms with Gasteiger partial charge in [0.05, 0.1) is 13.0 Å². The second kappa shape index (κ2) is 10.7. The number of rotatable bonds is 5. The van der Waals surface area contributed by atoms with Crippen LogP contribution in [0.5, 0.6) is 0 Å². The minimum absolute atomic E-state index is 0. The zero-order valence-electron chi connectivity index (χ0n) is 15.2. The zero-order valence-corrected chi connectivity index (χ0v) is 18.3. The van der Waals surface area contributed by atoms with Crippen molar-refractivity contribution in [1.82, 2.24) is 19.6 Å². The van der Waals surface area contributed by atoms with Gasteiger partial charge in [-0.1, -0.05) is 13.8 Å². The molecule has 1 aliphatic rings. The molecule has 0 aromatic carbocycles. The van der Waals surface area contributed by atoms with Gasteiger partial charge in [0.25, 0.3) is 0 Å². The number of esters is 1. The molecule has 0 bridgehead atoms. The van der Waals surface area contributed by atoms with E-state index in [0.29, 0.717) is 6.54 Å². The molecule has 0 saturated carbocycles. The number of nitrogens with one attached hydrogen (secondary N) is 1. The van der Waals surface area contributed by atoms with Crippen molar-refractivity contribution in [3.05, 3.63) is 5.82 Å². The third-order valence-corrected chi connectivity index (χ3v) is 4.82. The average molecular weight is 482 g/mol. The number of hydrogen-bond acceptors (Lipinski definition) is 7. The molecule has 25 heavy (non-hydrogen) atoms. The summed E-state index contributed by atoms with van der Waals surface area (Å²) in [5, 5.41) is 4.25. The first kappa shape index (κ1) is 21.9. The van der Waals surface area contributed by atoms with Crippen LogP contribution in [0.2, 0.25) is 0 Å². The minimum atomic E-state index is -0.217. The number of aryl methyl sites for hydroxylation is 1. The van der Waals surface area contributed by atoms with Crippen LogP contribution in [-0.2, 0) is 16.0 Å². The van der Waals surface area contributed by atoms with Gasteiger partial charge >= 0.3 is 5.97 Å². The van der Waals surface area contributed by atoms with Crippen molar-refractivity contribution < 1.29 is 9.53 Å². The number of halogens is 1. The van der Waals surface area contributed by atoms with Crippen molar-refractivity contribution in [2.45, 2.75) is 20.3 Å². The average Bonchev–Trinajstić information content (AvgIpc) is 3.11. The number of piperazine rings is 1. The Labute approximate surface area is 170 Å². The highest BCUT2D eigenvalue weighted by Gasteiger charge is 2.23. The fourth-order valence-corrected chi connectivity index (χ4v) is 3.29. The Kier molecular flexibility index (Phi) is 9.39. The lowest BCUT2D eigenvalue weighted by atomic mass is 10.2. The zero-order chi connectivity index (χ0) is 17.5. The molecule has 2 rings (SSSR count).